The predicted octanol–water partition coefficient (Wildman–Crippen LogP) is 2.68. The first kappa shape index (κ1) is 16.3. The van der Waals surface area contributed by atoms with Crippen molar-refractivity contribution < 1.29 is 9.59 Å². The quantitative estimate of drug-likeness (QED) is 0.813. The molecule has 0 radical (unpaired) electrons. The Bertz CT molecular complexity index is 600. The minimum Gasteiger partial charge on any atom is -0.352 e. The minimum atomic E-state index is -0.144. The van der Waals surface area contributed by atoms with Gasteiger partial charge in [0, 0.05) is 17.0 Å². The van der Waals surface area contributed by atoms with Crippen LogP contribution in [0.3, 0.4) is 0 Å². The van der Waals surface area contributed by atoms with Crippen molar-refractivity contribution in [1.29, 1.82) is 0 Å². The molecule has 2 amide bonds. The first-order valence-corrected chi connectivity index (χ1v) is 9.21. The number of anilines is 1. The van der Waals surface area contributed by atoms with E-state index in [-0.39, 0.29) is 17.2 Å². The summed E-state index contributed by atoms with van der Waals surface area (Å²) in [6.07, 6.45) is 4.35. The number of unbranched alkanes of at least 4 members (excludes halogenated alkanes) is 1. The topological polar surface area (TPSA) is 61.4 Å². The Balaban J connectivity index is 1.70. The van der Waals surface area contributed by atoms with Crippen LogP contribution >= 0.6 is 11.8 Å². The minimum absolute atomic E-state index is 0.0212. The number of fused-ring (bicyclic) bond motifs is 1. The monoisotopic (exact) mass is 333 g/mol. The molecule has 0 aromatic heterocycles. The highest BCUT2D eigenvalue weighted by molar-refractivity contribution is 8.00. The van der Waals surface area contributed by atoms with Crippen LogP contribution in [0.25, 0.3) is 0 Å². The summed E-state index contributed by atoms with van der Waals surface area (Å²) in [6, 6.07) is 5.56. The normalized spacial score (nSPS) is 20.9. The number of amides is 2. The van der Waals surface area contributed by atoms with E-state index in [1.54, 1.807) is 17.8 Å². The number of rotatable bonds is 5. The van der Waals surface area contributed by atoms with Crippen LogP contribution in [-0.2, 0) is 4.79 Å². The number of carbonyl (C=O) groups is 2. The third-order valence-corrected chi connectivity index (χ3v) is 5.60. The number of hydrogen-bond donors (Lipinski definition) is 2. The van der Waals surface area contributed by atoms with Gasteiger partial charge in [-0.1, -0.05) is 25.1 Å². The molecule has 1 saturated heterocycles. The van der Waals surface area contributed by atoms with Gasteiger partial charge in [-0.25, -0.2) is 0 Å². The summed E-state index contributed by atoms with van der Waals surface area (Å²) < 4.78 is 0. The molecule has 1 unspecified atom stereocenters. The fourth-order valence-corrected chi connectivity index (χ4v) is 4.09. The largest absolute Gasteiger partial charge is 0.352 e. The molecule has 1 aromatic carbocycles. The number of benzene rings is 1. The molecule has 2 aliphatic heterocycles. The predicted molar refractivity (Wildman–Crippen MR) is 92.8 cm³/mol. The molecule has 3 rings (SSSR count). The average Bonchev–Trinajstić information content (AvgIpc) is 3.08. The van der Waals surface area contributed by atoms with Gasteiger partial charge in [-0.05, 0) is 50.6 Å². The summed E-state index contributed by atoms with van der Waals surface area (Å²) in [5.41, 5.74) is 1.35. The van der Waals surface area contributed by atoms with E-state index in [9.17, 15) is 9.59 Å². The van der Waals surface area contributed by atoms with E-state index in [0.717, 1.165) is 49.4 Å². The lowest BCUT2D eigenvalue weighted by Crippen LogP contribution is -2.42. The molecule has 0 saturated carbocycles. The average molecular weight is 333 g/mol. The van der Waals surface area contributed by atoms with Crippen LogP contribution in [0.4, 0.5) is 5.69 Å². The van der Waals surface area contributed by atoms with Gasteiger partial charge in [0.15, 0.2) is 0 Å². The molecule has 0 spiro atoms. The second-order valence-electron chi connectivity index (χ2n) is 6.02. The summed E-state index contributed by atoms with van der Waals surface area (Å²) >= 11 is 1.59. The Kier molecular flexibility index (Phi) is 5.23. The van der Waals surface area contributed by atoms with Crippen LogP contribution < -0.4 is 10.6 Å². The highest BCUT2D eigenvalue weighted by Crippen LogP contribution is 2.38. The highest BCUT2D eigenvalue weighted by atomic mass is 32.2. The van der Waals surface area contributed by atoms with Crippen LogP contribution in [0.2, 0.25) is 0 Å². The zero-order chi connectivity index (χ0) is 16.2. The summed E-state index contributed by atoms with van der Waals surface area (Å²) in [6.45, 7) is 4.75. The van der Waals surface area contributed by atoms with Crippen molar-refractivity contribution in [2.24, 2.45) is 0 Å². The van der Waals surface area contributed by atoms with Crippen molar-refractivity contribution in [2.75, 3.05) is 25.0 Å². The molecule has 2 heterocycles. The Morgan fingerprint density at radius 3 is 2.91 bits per heavy atom. The molecule has 2 N–H and O–H groups in total. The number of carbonyl (C=O) groups excluding carboxylic acids is 2. The number of hydrogen-bond acceptors (Lipinski definition) is 4. The second kappa shape index (κ2) is 7.36. The summed E-state index contributed by atoms with van der Waals surface area (Å²) in [5.74, 6) is -0.0601. The first-order chi connectivity index (χ1) is 11.2. The molecule has 124 valence electrons. The standard InChI is InChI=1S/C17H23N3O2S/c1-2-3-8-18-15(21)12-6-7-14-13(11-12)19-16(22)17(23-14)20-9-4-5-10-20/h6-7,11,17H,2-5,8-10H2,1H3,(H,18,21)(H,19,22). The molecule has 0 bridgehead atoms. The van der Waals surface area contributed by atoms with Crippen LogP contribution in [0.15, 0.2) is 23.1 Å². The maximum Gasteiger partial charge on any atom is 0.252 e. The van der Waals surface area contributed by atoms with E-state index in [2.05, 4.69) is 22.5 Å². The molecular formula is C17H23N3O2S. The number of nitrogens with zero attached hydrogens (tertiary/aromatic N) is 1. The number of likely N-dealkylation sites (tertiary alicyclic amines) is 1. The van der Waals surface area contributed by atoms with E-state index in [1.165, 1.54) is 0 Å². The smallest absolute Gasteiger partial charge is 0.252 e. The summed E-state index contributed by atoms with van der Waals surface area (Å²) in [5, 5.41) is 5.73. The lowest BCUT2D eigenvalue weighted by atomic mass is 10.1. The number of nitrogens with one attached hydrogen (secondary N) is 2. The first-order valence-electron chi connectivity index (χ1n) is 8.33. The third kappa shape index (κ3) is 3.70. The summed E-state index contributed by atoms with van der Waals surface area (Å²) in [7, 11) is 0. The van der Waals surface area contributed by atoms with E-state index in [4.69, 9.17) is 0 Å². The second-order valence-corrected chi connectivity index (χ2v) is 7.14. The molecule has 2 aliphatic rings. The summed E-state index contributed by atoms with van der Waals surface area (Å²) in [4.78, 5) is 27.7. The zero-order valence-corrected chi connectivity index (χ0v) is 14.2. The lowest BCUT2D eigenvalue weighted by molar-refractivity contribution is -0.118. The van der Waals surface area contributed by atoms with Crippen molar-refractivity contribution in [3.63, 3.8) is 0 Å². The molecule has 5 nitrogen and oxygen atoms in total. The molecule has 23 heavy (non-hydrogen) atoms. The van der Waals surface area contributed by atoms with Gasteiger partial charge in [0.05, 0.1) is 5.69 Å². The molecule has 1 aromatic rings. The fourth-order valence-electron chi connectivity index (χ4n) is 2.94. The molecule has 1 atom stereocenters. The van der Waals surface area contributed by atoms with Crippen molar-refractivity contribution >= 4 is 29.3 Å². The van der Waals surface area contributed by atoms with E-state index in [0.29, 0.717) is 12.1 Å². The highest BCUT2D eigenvalue weighted by Gasteiger charge is 2.33. The van der Waals surface area contributed by atoms with Gasteiger partial charge in [0.1, 0.15) is 5.37 Å². The van der Waals surface area contributed by atoms with Crippen molar-refractivity contribution in [3.8, 4) is 0 Å². The van der Waals surface area contributed by atoms with Crippen LogP contribution in [0.1, 0.15) is 43.0 Å². The van der Waals surface area contributed by atoms with Crippen molar-refractivity contribution in [3.05, 3.63) is 23.8 Å². The Labute approximate surface area is 141 Å². The Morgan fingerprint density at radius 1 is 1.39 bits per heavy atom. The van der Waals surface area contributed by atoms with Gasteiger partial charge in [-0.3, -0.25) is 14.5 Å². The van der Waals surface area contributed by atoms with Crippen LogP contribution in [0, 0.1) is 0 Å². The lowest BCUT2D eigenvalue weighted by Gasteiger charge is -2.30. The maximum absolute atomic E-state index is 12.4. The SMILES string of the molecule is CCCCNC(=O)c1ccc2c(c1)NC(=O)C(N1CCCC1)S2. The Hall–Kier alpha value is -1.53. The molecular weight excluding hydrogens is 310 g/mol. The molecule has 1 fully saturated rings. The van der Waals surface area contributed by atoms with Crippen molar-refractivity contribution in [2.45, 2.75) is 42.9 Å². The van der Waals surface area contributed by atoms with Crippen LogP contribution in [0.5, 0.6) is 0 Å². The fraction of sp³-hybridized carbons (Fsp3) is 0.529. The van der Waals surface area contributed by atoms with Crippen molar-refractivity contribution in [1.82, 2.24) is 10.2 Å². The van der Waals surface area contributed by atoms with Gasteiger partial charge in [-0.2, -0.15) is 0 Å². The molecule has 0 aliphatic carbocycles. The van der Waals surface area contributed by atoms with Gasteiger partial charge >= 0.3 is 0 Å². The van der Waals surface area contributed by atoms with Crippen LogP contribution in [-0.4, -0.2) is 41.7 Å². The van der Waals surface area contributed by atoms with E-state index < -0.39 is 0 Å². The number of thioether (sulfide) groups is 1. The Morgan fingerprint density at radius 2 is 2.17 bits per heavy atom. The van der Waals surface area contributed by atoms with E-state index >= 15 is 0 Å². The maximum atomic E-state index is 12.4. The zero-order valence-electron chi connectivity index (χ0n) is 13.4. The molecule has 6 heteroatoms. The third-order valence-electron chi connectivity index (χ3n) is 4.25. The van der Waals surface area contributed by atoms with Gasteiger partial charge < -0.3 is 10.6 Å². The van der Waals surface area contributed by atoms with Gasteiger partial charge in [0.25, 0.3) is 11.8 Å². The van der Waals surface area contributed by atoms with E-state index in [1.807, 2.05) is 12.1 Å². The van der Waals surface area contributed by atoms with Gasteiger partial charge in [0.2, 0.25) is 0 Å². The van der Waals surface area contributed by atoms with Gasteiger partial charge in [-0.15, -0.1) is 0 Å².